The van der Waals surface area contributed by atoms with Crippen LogP contribution < -0.4 is 0 Å². The Bertz CT molecular complexity index is 783. The molecule has 0 radical (unpaired) electrons. The van der Waals surface area contributed by atoms with Crippen molar-refractivity contribution in [2.24, 2.45) is 0 Å². The van der Waals surface area contributed by atoms with Crippen molar-refractivity contribution in [1.82, 2.24) is 9.88 Å². The summed E-state index contributed by atoms with van der Waals surface area (Å²) in [5.74, 6) is -0.797. The summed E-state index contributed by atoms with van der Waals surface area (Å²) in [4.78, 5) is 30.5. The molecule has 0 saturated heterocycles. The molecular formula is C19H22N2O3. The van der Waals surface area contributed by atoms with E-state index in [0.29, 0.717) is 17.9 Å². The van der Waals surface area contributed by atoms with Crippen LogP contribution >= 0.6 is 0 Å². The number of fused-ring (bicyclic) bond motifs is 1. The minimum atomic E-state index is -0.996. The van der Waals surface area contributed by atoms with Crippen LogP contribution in [0, 0.1) is 0 Å². The molecule has 1 saturated carbocycles. The number of hydrogen-bond donors (Lipinski definition) is 1. The number of amides is 1. The van der Waals surface area contributed by atoms with Gasteiger partial charge in [0.1, 0.15) is 6.54 Å². The predicted octanol–water partition coefficient (Wildman–Crippen LogP) is 3.44. The maximum absolute atomic E-state index is 13.1. The van der Waals surface area contributed by atoms with Gasteiger partial charge in [-0.3, -0.25) is 14.6 Å². The molecule has 1 aliphatic carbocycles. The van der Waals surface area contributed by atoms with Crippen LogP contribution in [-0.4, -0.2) is 39.5 Å². The molecule has 1 atom stereocenters. The average Bonchev–Trinajstić information content (AvgIpc) is 3.42. The summed E-state index contributed by atoms with van der Waals surface area (Å²) in [5.41, 5.74) is 2.30. The van der Waals surface area contributed by atoms with Crippen LogP contribution in [0.25, 0.3) is 10.9 Å². The molecule has 5 nitrogen and oxygen atoms in total. The quantitative estimate of drug-likeness (QED) is 0.883. The van der Waals surface area contributed by atoms with E-state index in [4.69, 9.17) is 0 Å². The summed E-state index contributed by atoms with van der Waals surface area (Å²) >= 11 is 0. The number of carbonyl (C=O) groups excluding carboxylic acids is 1. The third kappa shape index (κ3) is 3.25. The maximum atomic E-state index is 13.1. The lowest BCUT2D eigenvalue weighted by Gasteiger charge is -2.27. The zero-order valence-corrected chi connectivity index (χ0v) is 14.0. The fourth-order valence-electron chi connectivity index (χ4n) is 2.91. The Morgan fingerprint density at radius 2 is 2.04 bits per heavy atom. The second kappa shape index (κ2) is 6.59. The van der Waals surface area contributed by atoms with E-state index >= 15 is 0 Å². The van der Waals surface area contributed by atoms with E-state index in [-0.39, 0.29) is 18.5 Å². The highest BCUT2D eigenvalue weighted by Crippen LogP contribution is 2.40. The van der Waals surface area contributed by atoms with Crippen LogP contribution in [0.2, 0.25) is 0 Å². The first-order valence-corrected chi connectivity index (χ1v) is 8.43. The minimum Gasteiger partial charge on any atom is -0.480 e. The van der Waals surface area contributed by atoms with Gasteiger partial charge >= 0.3 is 5.97 Å². The van der Waals surface area contributed by atoms with Gasteiger partial charge in [-0.25, -0.2) is 0 Å². The molecule has 5 heteroatoms. The first-order chi connectivity index (χ1) is 11.5. The number of carbonyl (C=O) groups is 2. The first-order valence-electron chi connectivity index (χ1n) is 8.43. The van der Waals surface area contributed by atoms with E-state index in [1.54, 1.807) is 0 Å². The highest BCUT2D eigenvalue weighted by Gasteiger charge is 2.29. The smallest absolute Gasteiger partial charge is 0.323 e. The third-order valence-corrected chi connectivity index (χ3v) is 4.65. The number of carboxylic acid groups (broad SMARTS) is 1. The Kier molecular flexibility index (Phi) is 4.51. The number of nitrogens with zero attached hydrogens (tertiary/aromatic N) is 2. The highest BCUT2D eigenvalue weighted by atomic mass is 16.4. The van der Waals surface area contributed by atoms with Gasteiger partial charge in [0.25, 0.3) is 5.91 Å². The minimum absolute atomic E-state index is 0.134. The van der Waals surface area contributed by atoms with Gasteiger partial charge in [-0.15, -0.1) is 0 Å². The molecule has 3 rings (SSSR count). The summed E-state index contributed by atoms with van der Waals surface area (Å²) in [6, 6.07) is 9.29. The van der Waals surface area contributed by atoms with Gasteiger partial charge in [-0.2, -0.15) is 0 Å². The summed E-state index contributed by atoms with van der Waals surface area (Å²) in [7, 11) is 0. The van der Waals surface area contributed by atoms with E-state index in [9.17, 15) is 14.7 Å². The summed E-state index contributed by atoms with van der Waals surface area (Å²) < 4.78 is 0. The Morgan fingerprint density at radius 1 is 1.33 bits per heavy atom. The number of rotatable bonds is 6. The van der Waals surface area contributed by atoms with Crippen LogP contribution in [0.15, 0.2) is 30.3 Å². The number of benzene rings is 1. The number of aliphatic carboxylic acids is 1. The number of carboxylic acids is 1. The van der Waals surface area contributed by atoms with E-state index in [2.05, 4.69) is 4.98 Å². The van der Waals surface area contributed by atoms with Gasteiger partial charge in [0.2, 0.25) is 0 Å². The number of para-hydroxylation sites is 1. The molecule has 0 bridgehead atoms. The van der Waals surface area contributed by atoms with Crippen LogP contribution in [0.5, 0.6) is 0 Å². The molecule has 1 aliphatic rings. The Labute approximate surface area is 141 Å². The van der Waals surface area contributed by atoms with Gasteiger partial charge < -0.3 is 10.0 Å². The normalized spacial score (nSPS) is 15.2. The van der Waals surface area contributed by atoms with Crippen molar-refractivity contribution in [3.63, 3.8) is 0 Å². The van der Waals surface area contributed by atoms with Crippen molar-refractivity contribution in [3.05, 3.63) is 41.6 Å². The molecule has 126 valence electrons. The molecule has 1 amide bonds. The van der Waals surface area contributed by atoms with Crippen LogP contribution in [0.4, 0.5) is 0 Å². The number of pyridine rings is 1. The van der Waals surface area contributed by atoms with Crippen molar-refractivity contribution in [3.8, 4) is 0 Å². The number of hydrogen-bond acceptors (Lipinski definition) is 3. The average molecular weight is 326 g/mol. The van der Waals surface area contributed by atoms with Crippen molar-refractivity contribution in [2.45, 2.75) is 45.1 Å². The fourth-order valence-corrected chi connectivity index (χ4v) is 2.91. The van der Waals surface area contributed by atoms with E-state index < -0.39 is 5.97 Å². The second-order valence-corrected chi connectivity index (χ2v) is 6.47. The fraction of sp³-hybridized carbons (Fsp3) is 0.421. The Balaban J connectivity index is 2.08. The van der Waals surface area contributed by atoms with Gasteiger partial charge in [-0.05, 0) is 38.3 Å². The monoisotopic (exact) mass is 326 g/mol. The molecule has 1 fully saturated rings. The first kappa shape index (κ1) is 16.4. The van der Waals surface area contributed by atoms with E-state index in [1.165, 1.54) is 4.90 Å². The molecule has 0 aliphatic heterocycles. The second-order valence-electron chi connectivity index (χ2n) is 6.47. The summed E-state index contributed by atoms with van der Waals surface area (Å²) in [6.45, 7) is 3.54. The van der Waals surface area contributed by atoms with Crippen LogP contribution in [0.1, 0.15) is 55.1 Å². The Hall–Kier alpha value is -2.43. The zero-order valence-electron chi connectivity index (χ0n) is 14.0. The van der Waals surface area contributed by atoms with E-state index in [1.807, 2.05) is 44.2 Å². The topological polar surface area (TPSA) is 70.5 Å². The van der Waals surface area contributed by atoms with Gasteiger partial charge in [0.05, 0.1) is 11.1 Å². The number of aromatic nitrogens is 1. The Morgan fingerprint density at radius 3 is 2.67 bits per heavy atom. The standard InChI is InChI=1S/C19H22N2O3/c1-3-12(2)21(11-18(22)23)19(24)15-10-17(13-8-9-13)20-16-7-5-4-6-14(15)16/h4-7,10,12-13H,3,8-9,11H2,1-2H3,(H,22,23). The van der Waals surface area contributed by atoms with Crippen LogP contribution in [-0.2, 0) is 4.79 Å². The van der Waals surface area contributed by atoms with Crippen LogP contribution in [0.3, 0.4) is 0 Å². The molecule has 1 unspecified atom stereocenters. The third-order valence-electron chi connectivity index (χ3n) is 4.65. The van der Waals surface area contributed by atoms with Crippen molar-refractivity contribution >= 4 is 22.8 Å². The van der Waals surface area contributed by atoms with Crippen molar-refractivity contribution < 1.29 is 14.7 Å². The van der Waals surface area contributed by atoms with E-state index in [0.717, 1.165) is 29.4 Å². The molecule has 1 heterocycles. The van der Waals surface area contributed by atoms with Gasteiger partial charge in [0, 0.05) is 23.0 Å². The predicted molar refractivity (Wildman–Crippen MR) is 92.1 cm³/mol. The lowest BCUT2D eigenvalue weighted by Crippen LogP contribution is -2.42. The molecular weight excluding hydrogens is 304 g/mol. The lowest BCUT2D eigenvalue weighted by atomic mass is 10.0. The SMILES string of the molecule is CCC(C)N(CC(=O)O)C(=O)c1cc(C2CC2)nc2ccccc12. The van der Waals surface area contributed by atoms with Crippen molar-refractivity contribution in [2.75, 3.05) is 6.54 Å². The lowest BCUT2D eigenvalue weighted by molar-refractivity contribution is -0.138. The zero-order chi connectivity index (χ0) is 17.3. The highest BCUT2D eigenvalue weighted by molar-refractivity contribution is 6.07. The molecule has 0 spiro atoms. The molecule has 1 N–H and O–H groups in total. The molecule has 1 aromatic heterocycles. The van der Waals surface area contributed by atoms with Crippen molar-refractivity contribution in [1.29, 1.82) is 0 Å². The largest absolute Gasteiger partial charge is 0.480 e. The molecule has 1 aromatic carbocycles. The summed E-state index contributed by atoms with van der Waals surface area (Å²) in [6.07, 6.45) is 2.91. The molecule has 24 heavy (non-hydrogen) atoms. The maximum Gasteiger partial charge on any atom is 0.323 e. The van der Waals surface area contributed by atoms with Gasteiger partial charge in [0.15, 0.2) is 0 Å². The summed E-state index contributed by atoms with van der Waals surface area (Å²) in [5, 5.41) is 9.97. The molecule has 2 aromatic rings. The van der Waals surface area contributed by atoms with Gasteiger partial charge in [-0.1, -0.05) is 25.1 Å².